The number of nitrogens with one attached hydrogen (secondary N) is 2. The number of nitrogens with zero attached hydrogens (tertiary/aromatic N) is 2. The Morgan fingerprint density at radius 3 is 2.61 bits per heavy atom. The highest BCUT2D eigenvalue weighted by Gasteiger charge is 2.27. The summed E-state index contributed by atoms with van der Waals surface area (Å²) in [5, 5.41) is 13.2. The van der Waals surface area contributed by atoms with Gasteiger partial charge in [-0.25, -0.2) is 4.79 Å². The summed E-state index contributed by atoms with van der Waals surface area (Å²) >= 11 is 0.966. The fourth-order valence-corrected chi connectivity index (χ4v) is 4.26. The largest absolute Gasteiger partial charge is 0.465 e. The van der Waals surface area contributed by atoms with Crippen LogP contribution in [0.2, 0.25) is 0 Å². The molecule has 31 heavy (non-hydrogen) atoms. The van der Waals surface area contributed by atoms with Gasteiger partial charge in [-0.05, 0) is 24.6 Å². The maximum Gasteiger partial charge on any atom is 0.341 e. The van der Waals surface area contributed by atoms with E-state index in [1.807, 2.05) is 30.3 Å². The van der Waals surface area contributed by atoms with Gasteiger partial charge in [-0.3, -0.25) is 9.59 Å². The Labute approximate surface area is 182 Å². The molecule has 2 amide bonds. The number of para-hydroxylation sites is 1. The second-order valence-corrected chi connectivity index (χ2v) is 7.89. The van der Waals surface area contributed by atoms with Crippen molar-refractivity contribution in [2.75, 3.05) is 26.5 Å². The Kier molecular flexibility index (Phi) is 6.22. The topological polar surface area (TPSA) is 115 Å². The Morgan fingerprint density at radius 2 is 1.97 bits per heavy atom. The summed E-state index contributed by atoms with van der Waals surface area (Å²) < 4.78 is 4.82. The summed E-state index contributed by atoms with van der Waals surface area (Å²) in [7, 11) is 4.40. The molecule has 0 unspecified atom stereocenters. The van der Waals surface area contributed by atoms with Gasteiger partial charge < -0.3 is 19.9 Å². The normalized spacial score (nSPS) is 11.1. The van der Waals surface area contributed by atoms with Crippen LogP contribution in [-0.4, -0.2) is 48.9 Å². The number of carbonyl (C=O) groups is 3. The van der Waals surface area contributed by atoms with E-state index in [0.29, 0.717) is 16.0 Å². The summed E-state index contributed by atoms with van der Waals surface area (Å²) in [5.74, 6) is -1.67. The van der Waals surface area contributed by atoms with Crippen molar-refractivity contribution >= 4 is 51.1 Å². The molecule has 0 radical (unpaired) electrons. The van der Waals surface area contributed by atoms with Crippen LogP contribution in [0.3, 0.4) is 0 Å². The number of rotatable bonds is 5. The molecule has 0 aliphatic heterocycles. The molecule has 3 rings (SSSR count). The molecule has 158 valence electrons. The van der Waals surface area contributed by atoms with Gasteiger partial charge in [0, 0.05) is 36.8 Å². The number of ether oxygens (including phenoxy) is 1. The van der Waals surface area contributed by atoms with Crippen LogP contribution < -0.4 is 5.32 Å². The molecule has 3 aromatic rings. The molecule has 0 spiro atoms. The van der Waals surface area contributed by atoms with Crippen molar-refractivity contribution in [3.05, 3.63) is 57.6 Å². The summed E-state index contributed by atoms with van der Waals surface area (Å²) in [6.45, 7) is 1.61. The first kappa shape index (κ1) is 21.8. The van der Waals surface area contributed by atoms with Gasteiger partial charge >= 0.3 is 5.97 Å². The lowest BCUT2D eigenvalue weighted by Crippen LogP contribution is -2.21. The number of esters is 1. The van der Waals surface area contributed by atoms with E-state index in [9.17, 15) is 19.6 Å². The van der Waals surface area contributed by atoms with E-state index in [-0.39, 0.29) is 22.0 Å². The molecule has 0 fully saturated rings. The van der Waals surface area contributed by atoms with E-state index in [1.165, 1.54) is 18.1 Å². The van der Waals surface area contributed by atoms with E-state index in [0.717, 1.165) is 22.2 Å². The number of methoxy groups -OCH3 is 1. The van der Waals surface area contributed by atoms with Crippen molar-refractivity contribution in [2.45, 2.75) is 6.92 Å². The first-order valence-electron chi connectivity index (χ1n) is 9.21. The van der Waals surface area contributed by atoms with Crippen LogP contribution in [0.5, 0.6) is 0 Å². The van der Waals surface area contributed by atoms with E-state index in [4.69, 9.17) is 4.74 Å². The van der Waals surface area contributed by atoms with Crippen molar-refractivity contribution in [1.82, 2.24) is 9.88 Å². The van der Waals surface area contributed by atoms with Gasteiger partial charge in [0.25, 0.3) is 11.8 Å². The molecule has 1 aromatic carbocycles. The molecule has 0 aliphatic carbocycles. The number of anilines is 1. The highest BCUT2D eigenvalue weighted by molar-refractivity contribution is 7.18. The SMILES string of the molecule is COC(=O)c1c(NC(=O)/C(C#N)=C/c2c[nH]c3ccccc23)sc(C(=O)N(C)C)c1C. The highest BCUT2D eigenvalue weighted by atomic mass is 32.1. The molecule has 0 aliphatic rings. The second kappa shape index (κ2) is 8.85. The third-order valence-electron chi connectivity index (χ3n) is 4.65. The van der Waals surface area contributed by atoms with E-state index < -0.39 is 11.9 Å². The standard InChI is InChI=1S/C22H20N4O4S/c1-12-17(22(29)30-4)20(31-18(12)21(28)26(2)3)25-19(27)13(10-23)9-14-11-24-16-8-6-5-7-15(14)16/h5-9,11,24H,1-4H3,(H,25,27)/b13-9+. The molecule has 8 nitrogen and oxygen atoms in total. The third kappa shape index (κ3) is 4.20. The zero-order valence-electron chi connectivity index (χ0n) is 17.4. The first-order valence-corrected chi connectivity index (χ1v) is 10.0. The minimum absolute atomic E-state index is 0.0930. The molecular formula is C22H20N4O4S. The number of amides is 2. The third-order valence-corrected chi connectivity index (χ3v) is 5.85. The van der Waals surface area contributed by atoms with Crippen molar-refractivity contribution in [3.63, 3.8) is 0 Å². The van der Waals surface area contributed by atoms with Gasteiger partial charge in [0.2, 0.25) is 0 Å². The number of aromatic nitrogens is 1. The molecular weight excluding hydrogens is 416 g/mol. The number of H-pyrrole nitrogens is 1. The van der Waals surface area contributed by atoms with Crippen LogP contribution in [0.1, 0.15) is 31.2 Å². The van der Waals surface area contributed by atoms with E-state index in [1.54, 1.807) is 27.2 Å². The molecule has 0 saturated carbocycles. The zero-order chi connectivity index (χ0) is 22.7. The predicted octanol–water partition coefficient (Wildman–Crippen LogP) is 3.57. The average molecular weight is 436 g/mol. The number of carbonyl (C=O) groups excluding carboxylic acids is 3. The van der Waals surface area contributed by atoms with Gasteiger partial charge in [-0.2, -0.15) is 5.26 Å². The lowest BCUT2D eigenvalue weighted by molar-refractivity contribution is -0.112. The van der Waals surface area contributed by atoms with Crippen molar-refractivity contribution < 1.29 is 19.1 Å². The summed E-state index contributed by atoms with van der Waals surface area (Å²) in [6, 6.07) is 9.40. The predicted molar refractivity (Wildman–Crippen MR) is 119 cm³/mol. The van der Waals surface area contributed by atoms with Gasteiger partial charge in [-0.15, -0.1) is 11.3 Å². The quantitative estimate of drug-likeness (QED) is 0.360. The van der Waals surface area contributed by atoms with Gasteiger partial charge in [0.15, 0.2) is 0 Å². The smallest absolute Gasteiger partial charge is 0.341 e. The van der Waals surface area contributed by atoms with Crippen LogP contribution in [0.25, 0.3) is 17.0 Å². The maximum atomic E-state index is 12.8. The fourth-order valence-electron chi connectivity index (χ4n) is 3.04. The van der Waals surface area contributed by atoms with Crippen LogP contribution in [0.4, 0.5) is 5.00 Å². The zero-order valence-corrected chi connectivity index (χ0v) is 18.2. The molecule has 2 N–H and O–H groups in total. The summed E-state index contributed by atoms with van der Waals surface area (Å²) in [5.41, 5.74) is 1.91. The Morgan fingerprint density at radius 1 is 1.26 bits per heavy atom. The first-order chi connectivity index (χ1) is 14.8. The van der Waals surface area contributed by atoms with Crippen molar-refractivity contribution in [2.24, 2.45) is 0 Å². The number of hydrogen-bond donors (Lipinski definition) is 2. The van der Waals surface area contributed by atoms with Crippen molar-refractivity contribution in [3.8, 4) is 6.07 Å². The fraction of sp³-hybridized carbons (Fsp3) is 0.182. The van der Waals surface area contributed by atoms with Gasteiger partial charge in [0.1, 0.15) is 16.6 Å². The molecule has 0 bridgehead atoms. The number of fused-ring (bicyclic) bond motifs is 1. The van der Waals surface area contributed by atoms with E-state index >= 15 is 0 Å². The number of nitriles is 1. The minimum atomic E-state index is -0.692. The number of thiophene rings is 1. The Hall–Kier alpha value is -3.90. The van der Waals surface area contributed by atoms with Crippen LogP contribution in [0.15, 0.2) is 36.0 Å². The van der Waals surface area contributed by atoms with Gasteiger partial charge in [-0.1, -0.05) is 18.2 Å². The summed E-state index contributed by atoms with van der Waals surface area (Å²) in [6.07, 6.45) is 3.18. The van der Waals surface area contributed by atoms with Crippen molar-refractivity contribution in [1.29, 1.82) is 5.26 Å². The molecule has 0 atom stereocenters. The number of aromatic amines is 1. The second-order valence-electron chi connectivity index (χ2n) is 6.87. The lowest BCUT2D eigenvalue weighted by atomic mass is 10.1. The molecule has 2 heterocycles. The average Bonchev–Trinajstić information content (AvgIpc) is 3.31. The molecule has 9 heteroatoms. The Balaban J connectivity index is 1.99. The van der Waals surface area contributed by atoms with Crippen LogP contribution in [0, 0.1) is 18.3 Å². The molecule has 2 aromatic heterocycles. The van der Waals surface area contributed by atoms with Gasteiger partial charge in [0.05, 0.1) is 17.6 Å². The van der Waals surface area contributed by atoms with E-state index in [2.05, 4.69) is 10.3 Å². The summed E-state index contributed by atoms with van der Waals surface area (Å²) in [4.78, 5) is 42.4. The monoisotopic (exact) mass is 436 g/mol. The Bertz CT molecular complexity index is 1260. The molecule has 0 saturated heterocycles. The number of hydrogen-bond acceptors (Lipinski definition) is 6. The number of benzene rings is 1. The maximum absolute atomic E-state index is 12.8. The minimum Gasteiger partial charge on any atom is -0.465 e. The van der Waals surface area contributed by atoms with Crippen LogP contribution in [-0.2, 0) is 9.53 Å². The highest BCUT2D eigenvalue weighted by Crippen LogP contribution is 2.34. The van der Waals surface area contributed by atoms with Crippen LogP contribution >= 0.6 is 11.3 Å². The lowest BCUT2D eigenvalue weighted by Gasteiger charge is -2.08.